The summed E-state index contributed by atoms with van der Waals surface area (Å²) < 4.78 is 31.4. The Bertz CT molecular complexity index is 387. The summed E-state index contributed by atoms with van der Waals surface area (Å²) >= 11 is 1.85. The van der Waals surface area contributed by atoms with Gasteiger partial charge in [0.2, 0.25) is 0 Å². The number of halogens is 3. The molecule has 1 N–H and O–H groups in total. The maximum absolute atomic E-state index is 13.7. The molecule has 18 heavy (non-hydrogen) atoms. The lowest BCUT2D eigenvalue weighted by atomic mass is 10.1. The first-order chi connectivity index (χ1) is 8.47. The molecule has 0 fully saturated rings. The van der Waals surface area contributed by atoms with Crippen molar-refractivity contribution in [3.05, 3.63) is 35.9 Å². The van der Waals surface area contributed by atoms with E-state index in [2.05, 4.69) is 10.1 Å². The quantitative estimate of drug-likeness (QED) is 0.475. The van der Waals surface area contributed by atoms with Gasteiger partial charge in [0, 0.05) is 12.1 Å². The van der Waals surface area contributed by atoms with E-state index in [1.54, 1.807) is 18.2 Å². The van der Waals surface area contributed by atoms with Crippen LogP contribution in [0.3, 0.4) is 0 Å². The molecule has 1 atom stereocenters. The van der Waals surface area contributed by atoms with Crippen molar-refractivity contribution >= 4 is 28.6 Å². The van der Waals surface area contributed by atoms with Crippen LogP contribution in [0.1, 0.15) is 5.56 Å². The summed E-state index contributed by atoms with van der Waals surface area (Å²) in [6, 6.07) is 7.58. The lowest BCUT2D eigenvalue weighted by Crippen LogP contribution is -2.36. The van der Waals surface area contributed by atoms with E-state index in [0.717, 1.165) is 0 Å². The molecular formula is C12H14F2INO2. The number of hydrogen-bond acceptors (Lipinski definition) is 3. The fourth-order valence-electron chi connectivity index (χ4n) is 1.35. The molecule has 0 bridgehead atoms. The molecule has 1 aromatic carbocycles. The van der Waals surface area contributed by atoms with Gasteiger partial charge in [-0.05, 0) is 0 Å². The first-order valence-corrected chi connectivity index (χ1v) is 6.58. The van der Waals surface area contributed by atoms with Crippen LogP contribution in [-0.2, 0) is 15.5 Å². The van der Waals surface area contributed by atoms with Crippen molar-refractivity contribution in [3.63, 3.8) is 0 Å². The fraction of sp³-hybridized carbons (Fsp3) is 0.417. The Labute approximate surface area is 118 Å². The van der Waals surface area contributed by atoms with Gasteiger partial charge in [0.25, 0.3) is 5.92 Å². The normalized spacial score (nSPS) is 13.1. The number of benzene rings is 1. The van der Waals surface area contributed by atoms with E-state index in [-0.39, 0.29) is 12.1 Å². The minimum atomic E-state index is -2.95. The number of carbonyl (C=O) groups is 1. The Balaban J connectivity index is 2.46. The number of esters is 1. The molecule has 0 aromatic heterocycles. The number of ether oxygens (including phenoxy) is 1. The van der Waals surface area contributed by atoms with Gasteiger partial charge in [-0.3, -0.25) is 4.79 Å². The van der Waals surface area contributed by atoms with Gasteiger partial charge in [0.1, 0.15) is 3.92 Å². The van der Waals surface area contributed by atoms with Crippen molar-refractivity contribution in [3.8, 4) is 0 Å². The Morgan fingerprint density at radius 2 is 2.06 bits per heavy atom. The summed E-state index contributed by atoms with van der Waals surface area (Å²) in [7, 11) is 1.27. The monoisotopic (exact) mass is 369 g/mol. The Morgan fingerprint density at radius 1 is 1.44 bits per heavy atom. The van der Waals surface area contributed by atoms with Crippen molar-refractivity contribution < 1.29 is 18.3 Å². The summed E-state index contributed by atoms with van der Waals surface area (Å²) in [6.07, 6.45) is 0. The van der Waals surface area contributed by atoms with E-state index in [4.69, 9.17) is 0 Å². The number of carbonyl (C=O) groups excluding carboxylic acids is 1. The number of hydrogen-bond donors (Lipinski definition) is 1. The molecule has 1 aromatic rings. The van der Waals surface area contributed by atoms with Crippen LogP contribution in [0.5, 0.6) is 0 Å². The Morgan fingerprint density at radius 3 is 2.61 bits per heavy atom. The van der Waals surface area contributed by atoms with E-state index in [0.29, 0.717) is 0 Å². The maximum atomic E-state index is 13.7. The topological polar surface area (TPSA) is 38.3 Å². The molecule has 0 aliphatic carbocycles. The number of methoxy groups -OCH3 is 1. The standard InChI is InChI=1S/C12H14F2INO2/c1-18-11(17)10(15)7-16-8-12(13,14)9-5-3-2-4-6-9/h2-6,10,16H,7-8H2,1H3. The molecule has 0 aliphatic rings. The van der Waals surface area contributed by atoms with Crippen LogP contribution < -0.4 is 5.32 Å². The fourth-order valence-corrected chi connectivity index (χ4v) is 1.92. The van der Waals surface area contributed by atoms with Crippen molar-refractivity contribution in [2.24, 2.45) is 0 Å². The Kier molecular flexibility index (Phi) is 5.94. The molecule has 0 radical (unpaired) electrons. The molecule has 0 saturated heterocycles. The molecule has 1 rings (SSSR count). The summed E-state index contributed by atoms with van der Waals surface area (Å²) in [5.74, 6) is -3.38. The van der Waals surface area contributed by atoms with E-state index < -0.39 is 22.4 Å². The SMILES string of the molecule is COC(=O)C(I)CNCC(F)(F)c1ccccc1. The van der Waals surface area contributed by atoms with Crippen LogP contribution in [0.15, 0.2) is 30.3 Å². The zero-order valence-corrected chi connectivity index (χ0v) is 12.0. The smallest absolute Gasteiger partial charge is 0.319 e. The number of nitrogens with one attached hydrogen (secondary N) is 1. The van der Waals surface area contributed by atoms with Crippen LogP contribution in [0.25, 0.3) is 0 Å². The van der Waals surface area contributed by atoms with Crippen LogP contribution in [0.4, 0.5) is 8.78 Å². The highest BCUT2D eigenvalue weighted by Crippen LogP contribution is 2.26. The van der Waals surface area contributed by atoms with E-state index in [1.165, 1.54) is 19.2 Å². The maximum Gasteiger partial charge on any atom is 0.319 e. The van der Waals surface area contributed by atoms with Gasteiger partial charge in [-0.2, -0.15) is 8.78 Å². The molecule has 6 heteroatoms. The molecule has 1 unspecified atom stereocenters. The first kappa shape index (κ1) is 15.3. The van der Waals surface area contributed by atoms with Crippen LogP contribution >= 0.6 is 22.6 Å². The van der Waals surface area contributed by atoms with Gasteiger partial charge in [0.05, 0.1) is 13.7 Å². The largest absolute Gasteiger partial charge is 0.468 e. The molecule has 0 heterocycles. The van der Waals surface area contributed by atoms with Crippen LogP contribution in [-0.4, -0.2) is 30.1 Å². The molecule has 3 nitrogen and oxygen atoms in total. The van der Waals surface area contributed by atoms with Crippen molar-refractivity contribution in [2.45, 2.75) is 9.85 Å². The van der Waals surface area contributed by atoms with Gasteiger partial charge in [-0.15, -0.1) is 0 Å². The zero-order valence-electron chi connectivity index (χ0n) is 9.83. The highest BCUT2D eigenvalue weighted by Gasteiger charge is 2.31. The van der Waals surface area contributed by atoms with Crippen molar-refractivity contribution in [1.29, 1.82) is 0 Å². The number of alkyl halides is 3. The summed E-state index contributed by atoms with van der Waals surface area (Å²) in [6.45, 7) is -0.358. The van der Waals surface area contributed by atoms with E-state index in [9.17, 15) is 13.6 Å². The van der Waals surface area contributed by atoms with E-state index in [1.807, 2.05) is 22.6 Å². The predicted octanol–water partition coefficient (Wildman–Crippen LogP) is 2.34. The van der Waals surface area contributed by atoms with Gasteiger partial charge in [-0.1, -0.05) is 52.9 Å². The van der Waals surface area contributed by atoms with Crippen molar-refractivity contribution in [2.75, 3.05) is 20.2 Å². The Hall–Kier alpha value is -0.760. The molecule has 0 aliphatic heterocycles. The van der Waals surface area contributed by atoms with Gasteiger partial charge in [0.15, 0.2) is 0 Å². The van der Waals surface area contributed by atoms with E-state index >= 15 is 0 Å². The second-order valence-electron chi connectivity index (χ2n) is 3.69. The third-order valence-corrected chi connectivity index (χ3v) is 3.27. The lowest BCUT2D eigenvalue weighted by Gasteiger charge is -2.18. The minimum Gasteiger partial charge on any atom is -0.468 e. The molecular weight excluding hydrogens is 355 g/mol. The highest BCUT2D eigenvalue weighted by atomic mass is 127. The van der Waals surface area contributed by atoms with Gasteiger partial charge < -0.3 is 10.1 Å². The molecule has 0 saturated carbocycles. The molecule has 0 spiro atoms. The van der Waals surface area contributed by atoms with Gasteiger partial charge in [-0.25, -0.2) is 0 Å². The third kappa shape index (κ3) is 4.49. The number of rotatable bonds is 6. The summed E-state index contributed by atoms with van der Waals surface area (Å²) in [5, 5.41) is 2.58. The summed E-state index contributed by atoms with van der Waals surface area (Å²) in [4.78, 5) is 11.1. The lowest BCUT2D eigenvalue weighted by molar-refractivity contribution is -0.139. The average Bonchev–Trinajstić information content (AvgIpc) is 2.38. The first-order valence-electron chi connectivity index (χ1n) is 5.33. The second kappa shape index (κ2) is 6.98. The average molecular weight is 369 g/mol. The molecule has 100 valence electrons. The zero-order chi connectivity index (χ0) is 13.6. The highest BCUT2D eigenvalue weighted by molar-refractivity contribution is 14.1. The second-order valence-corrected chi connectivity index (χ2v) is 5.20. The summed E-state index contributed by atoms with van der Waals surface area (Å²) in [5.41, 5.74) is -0.0411. The van der Waals surface area contributed by atoms with Crippen LogP contribution in [0, 0.1) is 0 Å². The molecule has 0 amide bonds. The van der Waals surface area contributed by atoms with Crippen LogP contribution in [0.2, 0.25) is 0 Å². The van der Waals surface area contributed by atoms with Gasteiger partial charge >= 0.3 is 5.97 Å². The van der Waals surface area contributed by atoms with Crippen molar-refractivity contribution in [1.82, 2.24) is 5.32 Å². The third-order valence-electron chi connectivity index (χ3n) is 2.32. The predicted molar refractivity (Wildman–Crippen MR) is 73.0 cm³/mol. The minimum absolute atomic E-state index is 0.0411.